The number of rotatable bonds is 7. The standard InChI is InChI=1S/C19H35F5O.C2H6/c1-13(2,12-14(3,4)17(9,10)25-11)15(5,6)18(20,21)16(7,8)19(22,23)24;1-2/h12H2,1-11H3;1-2H3. The Morgan fingerprint density at radius 2 is 0.926 bits per heavy atom. The van der Waals surface area contributed by atoms with Crippen molar-refractivity contribution in [3.8, 4) is 0 Å². The first-order valence-electron chi connectivity index (χ1n) is 9.51. The third-order valence-electron chi connectivity index (χ3n) is 6.99. The van der Waals surface area contributed by atoms with Gasteiger partial charge in [-0.05, 0) is 44.9 Å². The zero-order valence-corrected chi connectivity index (χ0v) is 19.5. The van der Waals surface area contributed by atoms with Crippen molar-refractivity contribution in [2.75, 3.05) is 7.11 Å². The Bertz CT molecular complexity index is 471. The maximum absolute atomic E-state index is 15.2. The molecule has 0 N–H and O–H groups in total. The van der Waals surface area contributed by atoms with Crippen LogP contribution in [0.5, 0.6) is 0 Å². The van der Waals surface area contributed by atoms with Gasteiger partial charge in [-0.3, -0.25) is 0 Å². The summed E-state index contributed by atoms with van der Waals surface area (Å²) in [6, 6.07) is 0. The van der Waals surface area contributed by atoms with Crippen LogP contribution in [0, 0.1) is 21.7 Å². The van der Waals surface area contributed by atoms with E-state index >= 15 is 8.78 Å². The van der Waals surface area contributed by atoms with Gasteiger partial charge in [0.05, 0.1) is 5.60 Å². The van der Waals surface area contributed by atoms with Crippen LogP contribution in [-0.4, -0.2) is 24.8 Å². The molecule has 0 aromatic rings. The first-order chi connectivity index (χ1) is 11.5. The molecule has 0 unspecified atom stereocenters. The smallest absolute Gasteiger partial charge is 0.378 e. The molecule has 0 heterocycles. The molecule has 1 nitrogen and oxygen atoms in total. The molecule has 0 aromatic heterocycles. The van der Waals surface area contributed by atoms with Crippen LogP contribution in [0.25, 0.3) is 0 Å². The fraction of sp³-hybridized carbons (Fsp3) is 1.00. The van der Waals surface area contributed by atoms with Crippen LogP contribution in [0.15, 0.2) is 0 Å². The normalized spacial score (nSPS) is 15.3. The molecular formula is C21H41F5O. The minimum Gasteiger partial charge on any atom is -0.378 e. The molecule has 0 aliphatic carbocycles. The van der Waals surface area contributed by atoms with Gasteiger partial charge in [0.1, 0.15) is 5.41 Å². The van der Waals surface area contributed by atoms with Gasteiger partial charge in [0.25, 0.3) is 5.92 Å². The van der Waals surface area contributed by atoms with E-state index in [1.54, 1.807) is 21.0 Å². The van der Waals surface area contributed by atoms with Gasteiger partial charge in [0.2, 0.25) is 0 Å². The van der Waals surface area contributed by atoms with Crippen molar-refractivity contribution in [1.82, 2.24) is 0 Å². The predicted molar refractivity (Wildman–Crippen MR) is 103 cm³/mol. The summed E-state index contributed by atoms with van der Waals surface area (Å²) in [4.78, 5) is 0. The summed E-state index contributed by atoms with van der Waals surface area (Å²) in [7, 11) is 1.54. The number of hydrogen-bond acceptors (Lipinski definition) is 1. The molecule has 0 aromatic carbocycles. The fourth-order valence-electron chi connectivity index (χ4n) is 3.20. The number of halogens is 5. The minimum absolute atomic E-state index is 0.275. The van der Waals surface area contributed by atoms with Crippen molar-refractivity contribution < 1.29 is 26.7 Å². The van der Waals surface area contributed by atoms with Crippen molar-refractivity contribution in [1.29, 1.82) is 0 Å². The van der Waals surface area contributed by atoms with E-state index in [0.717, 1.165) is 0 Å². The number of methoxy groups -OCH3 is 1. The minimum atomic E-state index is -5.01. The van der Waals surface area contributed by atoms with E-state index in [1.807, 2.05) is 41.5 Å². The predicted octanol–water partition coefficient (Wildman–Crippen LogP) is 8.13. The summed E-state index contributed by atoms with van der Waals surface area (Å²) in [6.07, 6.45) is -4.73. The summed E-state index contributed by atoms with van der Waals surface area (Å²) in [5.74, 6) is -3.96. The fourth-order valence-corrected chi connectivity index (χ4v) is 3.20. The van der Waals surface area contributed by atoms with Crippen molar-refractivity contribution in [2.45, 2.75) is 107 Å². The number of ether oxygens (including phenoxy) is 1. The molecule has 0 radical (unpaired) electrons. The lowest BCUT2D eigenvalue weighted by atomic mass is 9.53. The molecular weight excluding hydrogens is 363 g/mol. The molecule has 0 aliphatic rings. The van der Waals surface area contributed by atoms with Crippen molar-refractivity contribution in [3.05, 3.63) is 0 Å². The zero-order chi connectivity index (χ0) is 22.9. The summed E-state index contributed by atoms with van der Waals surface area (Å²) in [6.45, 7) is 18.3. The quantitative estimate of drug-likeness (QED) is 0.389. The Kier molecular flexibility index (Phi) is 8.70. The second-order valence-corrected chi connectivity index (χ2v) is 9.98. The van der Waals surface area contributed by atoms with Crippen molar-refractivity contribution in [2.24, 2.45) is 21.7 Å². The van der Waals surface area contributed by atoms with Crippen LogP contribution in [0.2, 0.25) is 0 Å². The third kappa shape index (κ3) is 4.97. The molecule has 0 saturated carbocycles. The van der Waals surface area contributed by atoms with Gasteiger partial charge in [-0.15, -0.1) is 0 Å². The summed E-state index contributed by atoms with van der Waals surface area (Å²) in [5, 5.41) is 0. The van der Waals surface area contributed by atoms with E-state index in [0.29, 0.717) is 13.8 Å². The number of hydrogen-bond donors (Lipinski definition) is 0. The van der Waals surface area contributed by atoms with Crippen LogP contribution in [0.3, 0.4) is 0 Å². The molecule has 0 bridgehead atoms. The highest BCUT2D eigenvalue weighted by Gasteiger charge is 2.71. The monoisotopic (exact) mass is 404 g/mol. The average Bonchev–Trinajstić information content (AvgIpc) is 2.46. The largest absolute Gasteiger partial charge is 0.399 e. The van der Waals surface area contributed by atoms with E-state index in [9.17, 15) is 13.2 Å². The molecule has 27 heavy (non-hydrogen) atoms. The maximum Gasteiger partial charge on any atom is 0.399 e. The van der Waals surface area contributed by atoms with Crippen LogP contribution >= 0.6 is 0 Å². The molecule has 0 fully saturated rings. The molecule has 166 valence electrons. The van der Waals surface area contributed by atoms with Gasteiger partial charge in [-0.2, -0.15) is 13.2 Å². The van der Waals surface area contributed by atoms with E-state index < -0.39 is 39.4 Å². The molecule has 0 saturated heterocycles. The SMILES string of the molecule is CC.COC(C)(C)C(C)(C)CC(C)(C)C(C)(C)C(F)(F)C(C)(C)C(F)(F)F. The second kappa shape index (κ2) is 8.16. The summed E-state index contributed by atoms with van der Waals surface area (Å²) in [5.41, 5.74) is -7.27. The second-order valence-electron chi connectivity index (χ2n) is 9.98. The van der Waals surface area contributed by atoms with E-state index in [-0.39, 0.29) is 6.42 Å². The summed E-state index contributed by atoms with van der Waals surface area (Å²) >= 11 is 0. The van der Waals surface area contributed by atoms with Gasteiger partial charge < -0.3 is 4.74 Å². The molecule has 6 heteroatoms. The molecule has 0 aliphatic heterocycles. The van der Waals surface area contributed by atoms with Gasteiger partial charge in [0, 0.05) is 12.5 Å². The van der Waals surface area contributed by atoms with Crippen LogP contribution in [0.1, 0.15) is 89.5 Å². The maximum atomic E-state index is 15.2. The van der Waals surface area contributed by atoms with E-state index in [2.05, 4.69) is 0 Å². The highest BCUT2D eigenvalue weighted by molar-refractivity contribution is 5.07. The van der Waals surface area contributed by atoms with Gasteiger partial charge in [-0.1, -0.05) is 55.4 Å². The van der Waals surface area contributed by atoms with Crippen LogP contribution in [-0.2, 0) is 4.74 Å². The first kappa shape index (κ1) is 28.8. The topological polar surface area (TPSA) is 9.23 Å². The lowest BCUT2D eigenvalue weighted by Gasteiger charge is -2.55. The molecule has 0 atom stereocenters. The number of alkyl halides is 5. The lowest BCUT2D eigenvalue weighted by molar-refractivity contribution is -0.328. The lowest BCUT2D eigenvalue weighted by Crippen LogP contribution is -2.61. The Hall–Kier alpha value is -0.390. The highest BCUT2D eigenvalue weighted by atomic mass is 19.4. The van der Waals surface area contributed by atoms with Crippen molar-refractivity contribution >= 4 is 0 Å². The molecule has 0 spiro atoms. The Morgan fingerprint density at radius 1 is 0.593 bits per heavy atom. The summed E-state index contributed by atoms with van der Waals surface area (Å²) < 4.78 is 75.8. The first-order valence-corrected chi connectivity index (χ1v) is 9.51. The highest BCUT2D eigenvalue weighted by Crippen LogP contribution is 2.63. The Balaban J connectivity index is 0. The van der Waals surface area contributed by atoms with E-state index in [4.69, 9.17) is 4.74 Å². The molecule has 0 amide bonds. The van der Waals surface area contributed by atoms with Crippen LogP contribution < -0.4 is 0 Å². The van der Waals surface area contributed by atoms with Crippen molar-refractivity contribution in [3.63, 3.8) is 0 Å². The van der Waals surface area contributed by atoms with Gasteiger partial charge in [0.15, 0.2) is 0 Å². The van der Waals surface area contributed by atoms with Gasteiger partial charge in [-0.25, -0.2) is 8.78 Å². The average molecular weight is 405 g/mol. The Labute approximate surface area is 163 Å². The zero-order valence-electron chi connectivity index (χ0n) is 19.5. The van der Waals surface area contributed by atoms with Crippen LogP contribution in [0.4, 0.5) is 22.0 Å². The molecule has 0 rings (SSSR count). The Morgan fingerprint density at radius 3 is 1.19 bits per heavy atom. The third-order valence-corrected chi connectivity index (χ3v) is 6.99. The van der Waals surface area contributed by atoms with E-state index in [1.165, 1.54) is 13.8 Å². The van der Waals surface area contributed by atoms with Gasteiger partial charge >= 0.3 is 6.18 Å².